The highest BCUT2D eigenvalue weighted by atomic mass is 19.1. The summed E-state index contributed by atoms with van der Waals surface area (Å²) in [7, 11) is 0. The molecule has 0 radical (unpaired) electrons. The van der Waals surface area contributed by atoms with E-state index in [1.807, 2.05) is 32.9 Å². The van der Waals surface area contributed by atoms with Crippen LogP contribution in [0.3, 0.4) is 0 Å². The summed E-state index contributed by atoms with van der Waals surface area (Å²) in [6, 6.07) is 5.41. The van der Waals surface area contributed by atoms with E-state index in [4.69, 9.17) is 4.74 Å². The maximum atomic E-state index is 11.5. The van der Waals surface area contributed by atoms with Crippen LogP contribution in [0.4, 0.5) is 4.39 Å². The van der Waals surface area contributed by atoms with Gasteiger partial charge in [-0.3, -0.25) is 4.79 Å². The number of hydrogen-bond donors (Lipinski definition) is 0. The van der Waals surface area contributed by atoms with Crippen LogP contribution in [0, 0.1) is 6.92 Å². The second-order valence-corrected chi connectivity index (χ2v) is 4.09. The standard InChI is InChI=1S/C11H11FO2.C4H8/c1-9-2-3-10(6-11(9)7-13)8-14-5-4-12;1-4(2)3/h2-7H,8H2,1H3;1H2,2-3H3/b5-4-;. The molecule has 0 unspecified atom stereocenters. The molecule has 1 aromatic carbocycles. The summed E-state index contributed by atoms with van der Waals surface area (Å²) in [5.41, 5.74) is 3.57. The molecule has 98 valence electrons. The molecule has 0 fully saturated rings. The first-order valence-electron chi connectivity index (χ1n) is 5.55. The van der Waals surface area contributed by atoms with Gasteiger partial charge in [-0.25, -0.2) is 4.39 Å². The van der Waals surface area contributed by atoms with Gasteiger partial charge < -0.3 is 4.74 Å². The lowest BCUT2D eigenvalue weighted by Gasteiger charge is -2.03. The lowest BCUT2D eigenvalue weighted by Crippen LogP contribution is -1.91. The van der Waals surface area contributed by atoms with Crippen LogP contribution in [0.25, 0.3) is 0 Å². The fourth-order valence-electron chi connectivity index (χ4n) is 1.09. The highest BCUT2D eigenvalue weighted by molar-refractivity contribution is 5.77. The summed E-state index contributed by atoms with van der Waals surface area (Å²) in [6.45, 7) is 9.62. The van der Waals surface area contributed by atoms with Crippen LogP contribution in [0.1, 0.15) is 35.3 Å². The Kier molecular flexibility index (Phi) is 8.20. The molecule has 0 aliphatic heterocycles. The maximum absolute atomic E-state index is 11.5. The topological polar surface area (TPSA) is 26.3 Å². The van der Waals surface area contributed by atoms with E-state index in [1.54, 1.807) is 6.07 Å². The molecule has 0 atom stereocenters. The highest BCUT2D eigenvalue weighted by Gasteiger charge is 1.98. The predicted octanol–water partition coefficient (Wildman–Crippen LogP) is 4.35. The number of aldehydes is 1. The first-order valence-corrected chi connectivity index (χ1v) is 5.55. The second-order valence-electron chi connectivity index (χ2n) is 4.09. The van der Waals surface area contributed by atoms with Crippen molar-refractivity contribution in [3.8, 4) is 0 Å². The lowest BCUT2D eigenvalue weighted by atomic mass is 10.1. The zero-order valence-electron chi connectivity index (χ0n) is 11.1. The van der Waals surface area contributed by atoms with Crippen molar-refractivity contribution in [2.24, 2.45) is 0 Å². The zero-order chi connectivity index (χ0) is 14.0. The average Bonchev–Trinajstić information content (AvgIpc) is 2.31. The fraction of sp³-hybridized carbons (Fsp3) is 0.267. The molecule has 18 heavy (non-hydrogen) atoms. The number of carbonyl (C=O) groups is 1. The van der Waals surface area contributed by atoms with Gasteiger partial charge in [0.05, 0.1) is 0 Å². The largest absolute Gasteiger partial charge is 0.494 e. The minimum Gasteiger partial charge on any atom is -0.494 e. The van der Waals surface area contributed by atoms with Crippen molar-refractivity contribution in [2.45, 2.75) is 27.4 Å². The average molecular weight is 250 g/mol. The summed E-state index contributed by atoms with van der Waals surface area (Å²) >= 11 is 0. The Morgan fingerprint density at radius 3 is 2.56 bits per heavy atom. The molecule has 0 heterocycles. The number of benzene rings is 1. The molecule has 1 aromatic rings. The number of hydrogen-bond acceptors (Lipinski definition) is 2. The SMILES string of the molecule is C=C(C)C.Cc1ccc(CO/C=C\F)cc1C=O. The molecule has 0 aliphatic carbocycles. The van der Waals surface area contributed by atoms with Crippen LogP contribution in [0.15, 0.2) is 42.9 Å². The molecule has 1 rings (SSSR count). The Bertz CT molecular complexity index is 419. The molecule has 0 saturated heterocycles. The number of aryl methyl sites for hydroxylation is 1. The maximum Gasteiger partial charge on any atom is 0.150 e. The van der Waals surface area contributed by atoms with Crippen molar-refractivity contribution >= 4 is 6.29 Å². The Morgan fingerprint density at radius 1 is 1.44 bits per heavy atom. The Hall–Kier alpha value is -1.90. The molecule has 0 amide bonds. The van der Waals surface area contributed by atoms with Crippen molar-refractivity contribution in [3.63, 3.8) is 0 Å². The number of halogens is 1. The van der Waals surface area contributed by atoms with Gasteiger partial charge in [0.15, 0.2) is 0 Å². The smallest absolute Gasteiger partial charge is 0.150 e. The molecule has 0 spiro atoms. The molecule has 0 bridgehead atoms. The van der Waals surface area contributed by atoms with Crippen LogP contribution in [0.5, 0.6) is 0 Å². The van der Waals surface area contributed by atoms with Gasteiger partial charge in [0.2, 0.25) is 0 Å². The molecular formula is C15H19FO2. The van der Waals surface area contributed by atoms with Gasteiger partial charge in [-0.2, -0.15) is 0 Å². The van der Waals surface area contributed by atoms with Crippen molar-refractivity contribution in [1.29, 1.82) is 0 Å². The number of allylic oxidation sites excluding steroid dienone is 1. The van der Waals surface area contributed by atoms with E-state index in [0.29, 0.717) is 11.9 Å². The fourth-order valence-corrected chi connectivity index (χ4v) is 1.09. The van der Waals surface area contributed by atoms with E-state index in [1.165, 1.54) is 5.57 Å². The second kappa shape index (κ2) is 9.16. The first-order chi connectivity index (χ1) is 8.51. The summed E-state index contributed by atoms with van der Waals surface area (Å²) in [4.78, 5) is 10.6. The third-order valence-corrected chi connectivity index (χ3v) is 1.87. The summed E-state index contributed by atoms with van der Waals surface area (Å²) in [5, 5.41) is 0. The van der Waals surface area contributed by atoms with Gasteiger partial charge in [0, 0.05) is 5.56 Å². The molecule has 0 saturated carbocycles. The van der Waals surface area contributed by atoms with Gasteiger partial charge >= 0.3 is 0 Å². The minimum atomic E-state index is 0.265. The summed E-state index contributed by atoms with van der Waals surface area (Å²) in [6.07, 6.45) is 2.10. The van der Waals surface area contributed by atoms with E-state index in [-0.39, 0.29) is 6.61 Å². The summed E-state index contributed by atoms with van der Waals surface area (Å²) in [5.74, 6) is 0. The van der Waals surface area contributed by atoms with Crippen molar-refractivity contribution < 1.29 is 13.9 Å². The molecule has 3 heteroatoms. The Balaban J connectivity index is 0.000000631. The van der Waals surface area contributed by atoms with Gasteiger partial charge in [-0.05, 0) is 38.0 Å². The normalized spacial score (nSPS) is 9.56. The van der Waals surface area contributed by atoms with Crippen LogP contribution < -0.4 is 0 Å². The van der Waals surface area contributed by atoms with Gasteiger partial charge in [-0.15, -0.1) is 6.58 Å². The van der Waals surface area contributed by atoms with E-state index < -0.39 is 0 Å². The van der Waals surface area contributed by atoms with Gasteiger partial charge in [0.1, 0.15) is 25.5 Å². The van der Waals surface area contributed by atoms with Crippen LogP contribution in [0.2, 0.25) is 0 Å². The predicted molar refractivity (Wildman–Crippen MR) is 72.1 cm³/mol. The van der Waals surface area contributed by atoms with Crippen LogP contribution >= 0.6 is 0 Å². The third kappa shape index (κ3) is 7.39. The van der Waals surface area contributed by atoms with Crippen molar-refractivity contribution in [3.05, 3.63) is 59.6 Å². The zero-order valence-corrected chi connectivity index (χ0v) is 11.1. The molecule has 0 aromatic heterocycles. The highest BCUT2D eigenvalue weighted by Crippen LogP contribution is 2.10. The molecule has 0 N–H and O–H groups in total. The Labute approximate surface area is 108 Å². The Morgan fingerprint density at radius 2 is 2.06 bits per heavy atom. The van der Waals surface area contributed by atoms with Crippen molar-refractivity contribution in [1.82, 2.24) is 0 Å². The summed E-state index contributed by atoms with van der Waals surface area (Å²) < 4.78 is 16.4. The quantitative estimate of drug-likeness (QED) is 0.451. The van der Waals surface area contributed by atoms with Crippen molar-refractivity contribution in [2.75, 3.05) is 0 Å². The van der Waals surface area contributed by atoms with Crippen LogP contribution in [-0.2, 0) is 11.3 Å². The van der Waals surface area contributed by atoms with Crippen LogP contribution in [-0.4, -0.2) is 6.29 Å². The van der Waals surface area contributed by atoms with E-state index in [9.17, 15) is 9.18 Å². The molecule has 2 nitrogen and oxygen atoms in total. The lowest BCUT2D eigenvalue weighted by molar-refractivity contribution is 0.112. The van der Waals surface area contributed by atoms with Gasteiger partial charge in [-0.1, -0.05) is 17.7 Å². The number of rotatable bonds is 4. The van der Waals surface area contributed by atoms with Gasteiger partial charge in [0.25, 0.3) is 0 Å². The molecule has 0 aliphatic rings. The first kappa shape index (κ1) is 16.1. The molecular weight excluding hydrogens is 231 g/mol. The monoisotopic (exact) mass is 250 g/mol. The third-order valence-electron chi connectivity index (χ3n) is 1.87. The van der Waals surface area contributed by atoms with E-state index in [0.717, 1.165) is 23.7 Å². The number of ether oxygens (including phenoxy) is 1. The van der Waals surface area contributed by atoms with E-state index >= 15 is 0 Å². The number of carbonyl (C=O) groups excluding carboxylic acids is 1. The minimum absolute atomic E-state index is 0.265. The van der Waals surface area contributed by atoms with E-state index in [2.05, 4.69) is 6.58 Å².